The van der Waals surface area contributed by atoms with Crippen LogP contribution in [0.1, 0.15) is 36.0 Å². The maximum absolute atomic E-state index is 2.63. The zero-order chi connectivity index (χ0) is 13.5. The molecular formula is C19H21N. The summed E-state index contributed by atoms with van der Waals surface area (Å²) in [4.78, 5) is 2.63. The van der Waals surface area contributed by atoms with Crippen molar-refractivity contribution >= 4 is 5.69 Å². The third-order valence-electron chi connectivity index (χ3n) is 4.83. The van der Waals surface area contributed by atoms with Crippen LogP contribution in [0.5, 0.6) is 0 Å². The molecule has 1 fully saturated rings. The van der Waals surface area contributed by atoms with E-state index in [2.05, 4.69) is 48.2 Å². The van der Waals surface area contributed by atoms with Crippen LogP contribution < -0.4 is 4.90 Å². The molecule has 102 valence electrons. The van der Waals surface area contributed by atoms with Gasteiger partial charge in [0, 0.05) is 25.2 Å². The smallest absolute Gasteiger partial charge is 0.0438 e. The normalized spacial score (nSPS) is 16.9. The van der Waals surface area contributed by atoms with Crippen molar-refractivity contribution in [1.29, 1.82) is 0 Å². The third kappa shape index (κ3) is 1.76. The lowest BCUT2D eigenvalue weighted by atomic mass is 9.99. The maximum atomic E-state index is 2.63. The zero-order valence-corrected chi connectivity index (χ0v) is 12.2. The first kappa shape index (κ1) is 12.0. The minimum Gasteiger partial charge on any atom is -0.371 e. The highest BCUT2D eigenvalue weighted by Gasteiger charge is 2.25. The summed E-state index contributed by atoms with van der Waals surface area (Å²) in [5, 5.41) is 0. The van der Waals surface area contributed by atoms with E-state index in [1.807, 2.05) is 0 Å². The lowest BCUT2D eigenvalue weighted by molar-refractivity contribution is 0.576. The fraction of sp³-hybridized carbons (Fsp3) is 0.368. The summed E-state index contributed by atoms with van der Waals surface area (Å²) in [7, 11) is 0. The van der Waals surface area contributed by atoms with E-state index < -0.39 is 0 Å². The molecule has 0 spiro atoms. The standard InChI is InChI=1S/C19H21N/c1-14-9-10-17-16-8-4-3-7-15(16)13-18(17)19(14)20-11-5-2-6-12-20/h3-4,7-10H,2,5-6,11-13H2,1H3. The summed E-state index contributed by atoms with van der Waals surface area (Å²) in [6.45, 7) is 4.73. The van der Waals surface area contributed by atoms with Gasteiger partial charge in [0.1, 0.15) is 0 Å². The van der Waals surface area contributed by atoms with Crippen molar-refractivity contribution in [1.82, 2.24) is 0 Å². The van der Waals surface area contributed by atoms with E-state index in [9.17, 15) is 0 Å². The van der Waals surface area contributed by atoms with Gasteiger partial charge in [0.15, 0.2) is 0 Å². The summed E-state index contributed by atoms with van der Waals surface area (Å²) in [6.07, 6.45) is 5.19. The Morgan fingerprint density at radius 1 is 0.850 bits per heavy atom. The minimum atomic E-state index is 1.11. The van der Waals surface area contributed by atoms with Gasteiger partial charge in [-0.05, 0) is 54.0 Å². The third-order valence-corrected chi connectivity index (χ3v) is 4.83. The molecule has 0 unspecified atom stereocenters. The molecular weight excluding hydrogens is 242 g/mol. The van der Waals surface area contributed by atoms with Gasteiger partial charge in [-0.3, -0.25) is 0 Å². The molecule has 1 nitrogen and oxygen atoms in total. The number of rotatable bonds is 1. The molecule has 1 saturated heterocycles. The van der Waals surface area contributed by atoms with E-state index in [0.29, 0.717) is 0 Å². The molecule has 20 heavy (non-hydrogen) atoms. The average molecular weight is 263 g/mol. The van der Waals surface area contributed by atoms with Gasteiger partial charge in [-0.2, -0.15) is 0 Å². The average Bonchev–Trinajstić information content (AvgIpc) is 2.86. The fourth-order valence-corrected chi connectivity index (χ4v) is 3.87. The first-order chi connectivity index (χ1) is 9.84. The van der Waals surface area contributed by atoms with E-state index in [1.54, 1.807) is 5.56 Å². The van der Waals surface area contributed by atoms with Crippen molar-refractivity contribution in [2.45, 2.75) is 32.6 Å². The molecule has 4 rings (SSSR count). The number of nitrogens with zero attached hydrogens (tertiary/aromatic N) is 1. The number of hydrogen-bond donors (Lipinski definition) is 0. The van der Waals surface area contributed by atoms with E-state index in [1.165, 1.54) is 60.3 Å². The summed E-state index contributed by atoms with van der Waals surface area (Å²) in [6, 6.07) is 13.5. The summed E-state index contributed by atoms with van der Waals surface area (Å²) in [5.74, 6) is 0. The molecule has 2 aromatic carbocycles. The SMILES string of the molecule is Cc1ccc2c(c1N1CCCCC1)Cc1ccccc1-2. The first-order valence-corrected chi connectivity index (χ1v) is 7.80. The van der Waals surface area contributed by atoms with Crippen LogP contribution in [0, 0.1) is 6.92 Å². The lowest BCUT2D eigenvalue weighted by Gasteiger charge is -2.32. The number of hydrogen-bond acceptors (Lipinski definition) is 1. The van der Waals surface area contributed by atoms with Crippen LogP contribution in [0.2, 0.25) is 0 Å². The van der Waals surface area contributed by atoms with Crippen molar-refractivity contribution in [3.05, 3.63) is 53.1 Å². The van der Waals surface area contributed by atoms with Crippen LogP contribution in [0.15, 0.2) is 36.4 Å². The molecule has 1 heterocycles. The van der Waals surface area contributed by atoms with Gasteiger partial charge in [-0.1, -0.05) is 36.4 Å². The molecule has 0 N–H and O–H groups in total. The van der Waals surface area contributed by atoms with Crippen LogP contribution in [-0.2, 0) is 6.42 Å². The fourth-order valence-electron chi connectivity index (χ4n) is 3.87. The molecule has 2 aromatic rings. The van der Waals surface area contributed by atoms with Gasteiger partial charge in [0.05, 0.1) is 0 Å². The van der Waals surface area contributed by atoms with Crippen LogP contribution in [0.3, 0.4) is 0 Å². The van der Waals surface area contributed by atoms with Gasteiger partial charge in [0.25, 0.3) is 0 Å². The van der Waals surface area contributed by atoms with Gasteiger partial charge in [0.2, 0.25) is 0 Å². The number of anilines is 1. The van der Waals surface area contributed by atoms with Crippen LogP contribution in [0.25, 0.3) is 11.1 Å². The van der Waals surface area contributed by atoms with Gasteiger partial charge >= 0.3 is 0 Å². The summed E-state index contributed by atoms with van der Waals surface area (Å²) in [5.41, 5.74) is 8.93. The molecule has 2 aliphatic rings. The topological polar surface area (TPSA) is 3.24 Å². The van der Waals surface area contributed by atoms with E-state index in [4.69, 9.17) is 0 Å². The second kappa shape index (κ2) is 4.66. The monoisotopic (exact) mass is 263 g/mol. The van der Waals surface area contributed by atoms with Crippen molar-refractivity contribution < 1.29 is 0 Å². The van der Waals surface area contributed by atoms with Crippen molar-refractivity contribution in [2.24, 2.45) is 0 Å². The van der Waals surface area contributed by atoms with Crippen LogP contribution in [-0.4, -0.2) is 13.1 Å². The highest BCUT2D eigenvalue weighted by atomic mass is 15.1. The Morgan fingerprint density at radius 2 is 1.65 bits per heavy atom. The Hall–Kier alpha value is -1.76. The molecule has 0 amide bonds. The van der Waals surface area contributed by atoms with Crippen molar-refractivity contribution in [3.63, 3.8) is 0 Å². The van der Waals surface area contributed by atoms with Gasteiger partial charge in [-0.15, -0.1) is 0 Å². The van der Waals surface area contributed by atoms with E-state index in [-0.39, 0.29) is 0 Å². The Bertz CT molecular complexity index is 651. The van der Waals surface area contributed by atoms with Crippen LogP contribution in [0.4, 0.5) is 5.69 Å². The zero-order valence-electron chi connectivity index (χ0n) is 12.2. The Labute approximate surface area is 121 Å². The number of piperidine rings is 1. The largest absolute Gasteiger partial charge is 0.371 e. The quantitative estimate of drug-likeness (QED) is 0.622. The Morgan fingerprint density at radius 3 is 2.50 bits per heavy atom. The second-order valence-electron chi connectivity index (χ2n) is 6.14. The van der Waals surface area contributed by atoms with Gasteiger partial charge < -0.3 is 4.90 Å². The highest BCUT2D eigenvalue weighted by molar-refractivity contribution is 5.83. The summed E-state index contributed by atoms with van der Waals surface area (Å²) < 4.78 is 0. The lowest BCUT2D eigenvalue weighted by Crippen LogP contribution is -2.30. The molecule has 0 aromatic heterocycles. The number of aryl methyl sites for hydroxylation is 1. The molecule has 0 saturated carbocycles. The maximum Gasteiger partial charge on any atom is 0.0438 e. The predicted octanol–water partition coefficient (Wildman–Crippen LogP) is 4.56. The summed E-state index contributed by atoms with van der Waals surface area (Å²) >= 11 is 0. The number of benzene rings is 2. The van der Waals surface area contributed by atoms with Crippen molar-refractivity contribution in [3.8, 4) is 11.1 Å². The Kier molecular flexibility index (Phi) is 2.80. The molecule has 1 heteroatoms. The van der Waals surface area contributed by atoms with Crippen LogP contribution >= 0.6 is 0 Å². The Balaban J connectivity index is 1.85. The van der Waals surface area contributed by atoms with Crippen molar-refractivity contribution in [2.75, 3.05) is 18.0 Å². The molecule has 1 aliphatic heterocycles. The molecule has 0 bridgehead atoms. The number of fused-ring (bicyclic) bond motifs is 3. The molecule has 0 atom stereocenters. The molecule has 1 aliphatic carbocycles. The molecule has 0 radical (unpaired) electrons. The van der Waals surface area contributed by atoms with E-state index >= 15 is 0 Å². The van der Waals surface area contributed by atoms with Gasteiger partial charge in [-0.25, -0.2) is 0 Å². The van der Waals surface area contributed by atoms with E-state index in [0.717, 1.165) is 6.42 Å². The highest BCUT2D eigenvalue weighted by Crippen LogP contribution is 2.43. The predicted molar refractivity (Wildman–Crippen MR) is 85.5 cm³/mol. The second-order valence-corrected chi connectivity index (χ2v) is 6.14. The first-order valence-electron chi connectivity index (χ1n) is 7.80. The minimum absolute atomic E-state index is 1.11.